The van der Waals surface area contributed by atoms with Crippen molar-refractivity contribution >= 4 is 26.3 Å². The minimum Gasteiger partial charge on any atom is -0.295 e. The van der Waals surface area contributed by atoms with E-state index in [1.807, 2.05) is 36.1 Å². The van der Waals surface area contributed by atoms with Gasteiger partial charge in [0.15, 0.2) is 0 Å². The molecule has 0 aliphatic carbocycles. The first-order chi connectivity index (χ1) is 16.7. The second-order valence-electron chi connectivity index (χ2n) is 8.31. The Morgan fingerprint density at radius 2 is 1.80 bits per heavy atom. The smallest absolute Gasteiger partial charge is 0.275 e. The summed E-state index contributed by atoms with van der Waals surface area (Å²) in [7, 11) is -4.16. The fourth-order valence-corrected chi connectivity index (χ4v) is 6.42. The largest absolute Gasteiger partial charge is 0.295 e. The molecule has 35 heavy (non-hydrogen) atoms. The van der Waals surface area contributed by atoms with Gasteiger partial charge in [0.1, 0.15) is 21.5 Å². The molecule has 1 saturated heterocycles. The van der Waals surface area contributed by atoms with Gasteiger partial charge in [-0.1, -0.05) is 35.1 Å². The molecule has 0 atom stereocenters. The minimum absolute atomic E-state index is 0.109. The Hall–Kier alpha value is -3.06. The number of halogens is 2. The molecule has 182 valence electrons. The quantitative estimate of drug-likeness (QED) is 0.405. The number of nitrogens with zero attached hydrogens (tertiary/aromatic N) is 5. The van der Waals surface area contributed by atoms with Gasteiger partial charge in [0, 0.05) is 44.4 Å². The molecule has 0 amide bonds. The summed E-state index contributed by atoms with van der Waals surface area (Å²) in [5.74, 6) is -1.80. The predicted molar refractivity (Wildman–Crippen MR) is 128 cm³/mol. The van der Waals surface area contributed by atoms with Crippen LogP contribution in [-0.4, -0.2) is 58.4 Å². The molecule has 2 aromatic heterocycles. The van der Waals surface area contributed by atoms with Crippen LogP contribution in [0.3, 0.4) is 0 Å². The van der Waals surface area contributed by atoms with E-state index in [1.54, 1.807) is 0 Å². The number of hydrogen-bond donors (Lipinski definition) is 0. The molecule has 3 heterocycles. The molecule has 0 radical (unpaired) electrons. The Balaban J connectivity index is 1.31. The number of sulfonamides is 1. The van der Waals surface area contributed by atoms with Gasteiger partial charge in [0.2, 0.25) is 15.0 Å². The lowest BCUT2D eigenvalue weighted by molar-refractivity contribution is 0.179. The Kier molecular flexibility index (Phi) is 6.21. The zero-order chi connectivity index (χ0) is 24.7. The van der Waals surface area contributed by atoms with E-state index in [9.17, 15) is 22.0 Å². The van der Waals surface area contributed by atoms with Crippen molar-refractivity contribution in [3.05, 3.63) is 81.8 Å². The Morgan fingerprint density at radius 1 is 1.03 bits per heavy atom. The maximum absolute atomic E-state index is 14.1. The first kappa shape index (κ1) is 23.7. The van der Waals surface area contributed by atoms with Crippen LogP contribution in [0.25, 0.3) is 15.5 Å². The molecule has 4 aromatic rings. The van der Waals surface area contributed by atoms with Crippen LogP contribution in [0.2, 0.25) is 0 Å². The summed E-state index contributed by atoms with van der Waals surface area (Å²) in [6.07, 6.45) is 0. The molecule has 0 saturated carbocycles. The summed E-state index contributed by atoms with van der Waals surface area (Å²) in [6.45, 7) is 3.27. The highest BCUT2D eigenvalue weighted by Crippen LogP contribution is 2.25. The lowest BCUT2D eigenvalue weighted by Crippen LogP contribution is -2.48. The van der Waals surface area contributed by atoms with Crippen molar-refractivity contribution < 1.29 is 17.2 Å². The molecule has 1 aliphatic heterocycles. The molecule has 1 aliphatic rings. The molecule has 12 heteroatoms. The van der Waals surface area contributed by atoms with Crippen molar-refractivity contribution in [1.82, 2.24) is 23.8 Å². The highest BCUT2D eigenvalue weighted by Gasteiger charge is 2.31. The Bertz CT molecular complexity index is 1580. The van der Waals surface area contributed by atoms with Crippen molar-refractivity contribution in [2.75, 3.05) is 26.2 Å². The van der Waals surface area contributed by atoms with Crippen molar-refractivity contribution in [2.24, 2.45) is 0 Å². The van der Waals surface area contributed by atoms with Gasteiger partial charge in [0.05, 0.1) is 5.69 Å². The number of aryl methyl sites for hydroxylation is 1. The average Bonchev–Trinajstić information content (AvgIpc) is 3.26. The molecule has 0 unspecified atom stereocenters. The van der Waals surface area contributed by atoms with Crippen LogP contribution in [0.15, 0.2) is 58.2 Å². The average molecular weight is 518 g/mol. The zero-order valence-corrected chi connectivity index (χ0v) is 20.3. The van der Waals surface area contributed by atoms with Gasteiger partial charge in [0.25, 0.3) is 5.56 Å². The van der Waals surface area contributed by atoms with Crippen LogP contribution in [-0.2, 0) is 16.6 Å². The fourth-order valence-electron chi connectivity index (χ4n) is 4.00. The molecule has 0 N–H and O–H groups in total. The predicted octanol–water partition coefficient (Wildman–Crippen LogP) is 2.91. The number of rotatable bonds is 5. The summed E-state index contributed by atoms with van der Waals surface area (Å²) in [6, 6.07) is 11.7. The lowest BCUT2D eigenvalue weighted by atomic mass is 10.1. The van der Waals surface area contributed by atoms with Gasteiger partial charge in [-0.2, -0.15) is 13.9 Å². The summed E-state index contributed by atoms with van der Waals surface area (Å²) in [5.41, 5.74) is 2.27. The topological polar surface area (TPSA) is 87.9 Å². The third kappa shape index (κ3) is 4.74. The van der Waals surface area contributed by atoms with E-state index in [0.29, 0.717) is 41.4 Å². The molecular formula is C23H21F2N5O3S2. The van der Waals surface area contributed by atoms with Gasteiger partial charge in [-0.05, 0) is 31.2 Å². The Morgan fingerprint density at radius 3 is 2.54 bits per heavy atom. The number of piperazine rings is 1. The first-order valence-corrected chi connectivity index (χ1v) is 13.1. The number of fused-ring (bicyclic) bond motifs is 1. The first-order valence-electron chi connectivity index (χ1n) is 10.8. The minimum atomic E-state index is -4.16. The standard InChI is InChI=1S/C23H21F2N5O3S2/c1-15-3-2-4-16(11-15)22-27-30-21(31)13-18(26-23(30)34-22)14-28-7-9-29(10-8-28)35(32,33)20-12-17(24)5-6-19(20)25/h2-6,11-13H,7-10,14H2,1H3. The molecule has 8 nitrogen and oxygen atoms in total. The highest BCUT2D eigenvalue weighted by atomic mass is 32.2. The van der Waals surface area contributed by atoms with Crippen LogP contribution in [0.1, 0.15) is 11.3 Å². The molecule has 0 bridgehead atoms. The second-order valence-corrected chi connectivity index (χ2v) is 11.2. The van der Waals surface area contributed by atoms with Crippen LogP contribution in [0, 0.1) is 18.6 Å². The molecule has 2 aromatic carbocycles. The van der Waals surface area contributed by atoms with Crippen molar-refractivity contribution in [3.8, 4) is 10.6 Å². The van der Waals surface area contributed by atoms with Crippen molar-refractivity contribution in [2.45, 2.75) is 18.4 Å². The van der Waals surface area contributed by atoms with E-state index in [4.69, 9.17) is 0 Å². The molecular weight excluding hydrogens is 496 g/mol. The van der Waals surface area contributed by atoms with E-state index in [1.165, 1.54) is 21.9 Å². The van der Waals surface area contributed by atoms with Crippen LogP contribution in [0.4, 0.5) is 8.78 Å². The van der Waals surface area contributed by atoms with E-state index < -0.39 is 26.6 Å². The fraction of sp³-hybridized carbons (Fsp3) is 0.261. The summed E-state index contributed by atoms with van der Waals surface area (Å²) in [5, 5.41) is 5.10. The maximum atomic E-state index is 14.1. The van der Waals surface area contributed by atoms with Crippen molar-refractivity contribution in [1.29, 1.82) is 0 Å². The summed E-state index contributed by atoms with van der Waals surface area (Å²) >= 11 is 1.32. The van der Waals surface area contributed by atoms with Crippen LogP contribution >= 0.6 is 11.3 Å². The third-order valence-corrected chi connectivity index (χ3v) is 8.66. The van der Waals surface area contributed by atoms with E-state index in [0.717, 1.165) is 27.6 Å². The highest BCUT2D eigenvalue weighted by molar-refractivity contribution is 7.89. The SMILES string of the molecule is Cc1cccc(-c2nn3c(=O)cc(CN4CCN(S(=O)(=O)c5cc(F)ccc5F)CC4)nc3s2)c1. The summed E-state index contributed by atoms with van der Waals surface area (Å²) < 4.78 is 55.6. The Labute approximate surface area is 204 Å². The monoisotopic (exact) mass is 517 g/mol. The summed E-state index contributed by atoms with van der Waals surface area (Å²) in [4.78, 5) is 19.0. The number of aromatic nitrogens is 3. The number of benzene rings is 2. The molecule has 0 spiro atoms. The van der Waals surface area contributed by atoms with E-state index >= 15 is 0 Å². The van der Waals surface area contributed by atoms with E-state index in [2.05, 4.69) is 10.1 Å². The van der Waals surface area contributed by atoms with Gasteiger partial charge >= 0.3 is 0 Å². The maximum Gasteiger partial charge on any atom is 0.275 e. The van der Waals surface area contributed by atoms with Crippen molar-refractivity contribution in [3.63, 3.8) is 0 Å². The second kappa shape index (κ2) is 9.19. The van der Waals surface area contributed by atoms with Gasteiger partial charge in [-0.25, -0.2) is 22.2 Å². The van der Waals surface area contributed by atoms with Gasteiger partial charge in [-0.3, -0.25) is 9.69 Å². The third-order valence-electron chi connectivity index (χ3n) is 5.79. The van der Waals surface area contributed by atoms with Gasteiger partial charge in [-0.15, -0.1) is 0 Å². The molecule has 5 rings (SSSR count). The lowest BCUT2D eigenvalue weighted by Gasteiger charge is -2.33. The number of hydrogen-bond acceptors (Lipinski definition) is 7. The normalized spacial score (nSPS) is 15.6. The van der Waals surface area contributed by atoms with Crippen LogP contribution in [0.5, 0.6) is 0 Å². The zero-order valence-electron chi connectivity index (χ0n) is 18.7. The molecule has 1 fully saturated rings. The van der Waals surface area contributed by atoms with Crippen LogP contribution < -0.4 is 5.56 Å². The van der Waals surface area contributed by atoms with E-state index in [-0.39, 0.29) is 18.6 Å². The van der Waals surface area contributed by atoms with Gasteiger partial charge < -0.3 is 0 Å².